The highest BCUT2D eigenvalue weighted by Gasteiger charge is 2.31. The molecule has 1 aromatic carbocycles. The van der Waals surface area contributed by atoms with Gasteiger partial charge < -0.3 is 4.74 Å². The van der Waals surface area contributed by atoms with Crippen molar-refractivity contribution in [1.29, 1.82) is 0 Å². The lowest BCUT2D eigenvalue weighted by molar-refractivity contribution is -0.0498. The number of hydrogen-bond acceptors (Lipinski definition) is 1. The zero-order chi connectivity index (χ0) is 19.1. The highest BCUT2D eigenvalue weighted by molar-refractivity contribution is 5.29. The van der Waals surface area contributed by atoms with Crippen LogP contribution in [0.15, 0.2) is 24.3 Å². The molecule has 0 heterocycles. The summed E-state index contributed by atoms with van der Waals surface area (Å²) in [6.45, 7) is -0.452. The number of rotatable bonds is 8. The summed E-state index contributed by atoms with van der Waals surface area (Å²) < 4.78 is 29.0. The molecule has 0 bridgehead atoms. The first-order valence-electron chi connectivity index (χ1n) is 11.2. The fourth-order valence-electron chi connectivity index (χ4n) is 5.48. The van der Waals surface area contributed by atoms with Crippen LogP contribution < -0.4 is 4.74 Å². The first-order chi connectivity index (χ1) is 13.2. The number of unbranched alkanes of at least 4 members (excludes halogenated alkanes) is 2. The molecule has 0 spiro atoms. The molecule has 2 saturated carbocycles. The lowest BCUT2D eigenvalue weighted by Crippen LogP contribution is -2.25. The maximum atomic E-state index is 12.3. The van der Waals surface area contributed by atoms with Crippen LogP contribution in [-0.2, 0) is 0 Å². The molecule has 3 heteroatoms. The van der Waals surface area contributed by atoms with E-state index in [1.807, 2.05) is 12.1 Å². The molecule has 27 heavy (non-hydrogen) atoms. The molecular weight excluding hydrogens is 342 g/mol. The molecule has 3 rings (SSSR count). The molecule has 1 nitrogen and oxygen atoms in total. The van der Waals surface area contributed by atoms with Gasteiger partial charge in [-0.2, -0.15) is 8.78 Å². The van der Waals surface area contributed by atoms with Crippen LogP contribution in [0.4, 0.5) is 8.78 Å². The minimum absolute atomic E-state index is 0.262. The van der Waals surface area contributed by atoms with Gasteiger partial charge in [0.15, 0.2) is 0 Å². The van der Waals surface area contributed by atoms with Gasteiger partial charge in [0.05, 0.1) is 0 Å². The second-order valence-corrected chi connectivity index (χ2v) is 8.84. The van der Waals surface area contributed by atoms with Gasteiger partial charge in [0.1, 0.15) is 5.75 Å². The minimum atomic E-state index is -2.74. The summed E-state index contributed by atoms with van der Waals surface area (Å²) in [4.78, 5) is 0. The van der Waals surface area contributed by atoms with Crippen LogP contribution in [0.3, 0.4) is 0 Å². The number of alkyl halides is 2. The molecule has 0 aliphatic heterocycles. The Morgan fingerprint density at radius 2 is 1.44 bits per heavy atom. The summed E-state index contributed by atoms with van der Waals surface area (Å²) in [7, 11) is 0. The molecule has 0 atom stereocenters. The molecule has 0 unspecified atom stereocenters. The molecule has 0 amide bonds. The topological polar surface area (TPSA) is 9.23 Å². The van der Waals surface area contributed by atoms with E-state index in [1.54, 1.807) is 12.1 Å². The van der Waals surface area contributed by atoms with Crippen LogP contribution in [0.5, 0.6) is 5.75 Å². The van der Waals surface area contributed by atoms with Crippen molar-refractivity contribution in [3.63, 3.8) is 0 Å². The van der Waals surface area contributed by atoms with Gasteiger partial charge in [0.25, 0.3) is 0 Å². The van der Waals surface area contributed by atoms with Crippen molar-refractivity contribution < 1.29 is 13.5 Å². The fourth-order valence-corrected chi connectivity index (χ4v) is 5.48. The van der Waals surface area contributed by atoms with Gasteiger partial charge in [-0.15, -0.1) is 0 Å². The molecule has 2 aliphatic carbocycles. The second kappa shape index (κ2) is 10.4. The molecule has 2 fully saturated rings. The summed E-state index contributed by atoms with van der Waals surface area (Å²) >= 11 is 0. The number of hydrogen-bond donors (Lipinski definition) is 0. The molecule has 2 aliphatic rings. The van der Waals surface area contributed by atoms with Gasteiger partial charge in [-0.1, -0.05) is 57.6 Å². The van der Waals surface area contributed by atoms with Gasteiger partial charge in [-0.05, 0) is 79.9 Å². The Morgan fingerprint density at radius 3 is 2.00 bits per heavy atom. The summed E-state index contributed by atoms with van der Waals surface area (Å²) in [6.07, 6.45) is 16.6. The van der Waals surface area contributed by atoms with E-state index in [9.17, 15) is 8.78 Å². The Kier molecular flexibility index (Phi) is 7.96. The quantitative estimate of drug-likeness (QED) is 0.417. The van der Waals surface area contributed by atoms with E-state index in [2.05, 4.69) is 11.7 Å². The fraction of sp³-hybridized carbons (Fsp3) is 0.750. The second-order valence-electron chi connectivity index (χ2n) is 8.84. The van der Waals surface area contributed by atoms with E-state index >= 15 is 0 Å². The largest absolute Gasteiger partial charge is 0.435 e. The van der Waals surface area contributed by atoms with E-state index in [1.165, 1.54) is 82.6 Å². The molecule has 0 N–H and O–H groups in total. The van der Waals surface area contributed by atoms with E-state index in [-0.39, 0.29) is 5.75 Å². The van der Waals surface area contributed by atoms with E-state index in [0.717, 1.165) is 17.8 Å². The van der Waals surface area contributed by atoms with E-state index in [0.29, 0.717) is 5.92 Å². The van der Waals surface area contributed by atoms with E-state index < -0.39 is 6.61 Å². The maximum Gasteiger partial charge on any atom is 0.387 e. The van der Waals surface area contributed by atoms with Crippen LogP contribution in [0.25, 0.3) is 0 Å². The SMILES string of the molecule is CCCCC[C@H]1CC[C@H](C2CCC(c3ccc(OC(F)F)cc3)CC2)CC1. The predicted octanol–water partition coefficient (Wildman–Crippen LogP) is 7.95. The Balaban J connectivity index is 1.40. The summed E-state index contributed by atoms with van der Waals surface area (Å²) in [5.41, 5.74) is 1.29. The van der Waals surface area contributed by atoms with Crippen LogP contribution in [0.1, 0.15) is 95.5 Å². The maximum absolute atomic E-state index is 12.3. The number of benzene rings is 1. The molecule has 0 radical (unpaired) electrons. The lowest BCUT2D eigenvalue weighted by atomic mass is 9.68. The first kappa shape index (κ1) is 20.6. The Labute approximate surface area is 163 Å². The van der Waals surface area contributed by atoms with Crippen molar-refractivity contribution in [3.8, 4) is 5.75 Å². The van der Waals surface area contributed by atoms with Crippen molar-refractivity contribution in [1.82, 2.24) is 0 Å². The summed E-state index contributed by atoms with van der Waals surface area (Å²) in [6, 6.07) is 7.33. The van der Waals surface area contributed by atoms with E-state index in [4.69, 9.17) is 0 Å². The zero-order valence-electron chi connectivity index (χ0n) is 16.8. The third kappa shape index (κ3) is 6.19. The first-order valence-corrected chi connectivity index (χ1v) is 11.2. The van der Waals surface area contributed by atoms with Crippen LogP contribution in [0, 0.1) is 17.8 Å². The normalized spacial score (nSPS) is 29.0. The third-order valence-electron chi connectivity index (χ3n) is 7.12. The van der Waals surface area contributed by atoms with Crippen molar-refractivity contribution in [2.24, 2.45) is 17.8 Å². The number of ether oxygens (including phenoxy) is 1. The van der Waals surface area contributed by atoms with Crippen molar-refractivity contribution in [2.45, 2.75) is 96.5 Å². The third-order valence-corrected chi connectivity index (χ3v) is 7.12. The van der Waals surface area contributed by atoms with Gasteiger partial charge >= 0.3 is 6.61 Å². The molecule has 1 aromatic rings. The Hall–Kier alpha value is -1.12. The van der Waals surface area contributed by atoms with Crippen molar-refractivity contribution in [3.05, 3.63) is 29.8 Å². The van der Waals surface area contributed by atoms with Gasteiger partial charge in [0.2, 0.25) is 0 Å². The van der Waals surface area contributed by atoms with Crippen molar-refractivity contribution in [2.75, 3.05) is 0 Å². The van der Waals surface area contributed by atoms with Gasteiger partial charge in [-0.25, -0.2) is 0 Å². The smallest absolute Gasteiger partial charge is 0.387 e. The average molecular weight is 379 g/mol. The Morgan fingerprint density at radius 1 is 0.852 bits per heavy atom. The molecule has 0 aromatic heterocycles. The van der Waals surface area contributed by atoms with Gasteiger partial charge in [-0.3, -0.25) is 0 Å². The minimum Gasteiger partial charge on any atom is -0.435 e. The van der Waals surface area contributed by atoms with Crippen LogP contribution >= 0.6 is 0 Å². The van der Waals surface area contributed by atoms with Crippen molar-refractivity contribution >= 4 is 0 Å². The lowest BCUT2D eigenvalue weighted by Gasteiger charge is -2.38. The summed E-state index contributed by atoms with van der Waals surface area (Å²) in [5.74, 6) is 3.72. The number of halogens is 2. The zero-order valence-corrected chi connectivity index (χ0v) is 16.8. The van der Waals surface area contributed by atoms with Crippen LogP contribution in [-0.4, -0.2) is 6.61 Å². The highest BCUT2D eigenvalue weighted by atomic mass is 19.3. The average Bonchev–Trinajstić information content (AvgIpc) is 2.69. The molecular formula is C24H36F2O. The molecule has 152 valence electrons. The standard InChI is InChI=1S/C24H36F2O/c1-2-3-4-5-18-6-8-19(9-7-18)20-10-12-21(13-11-20)22-14-16-23(17-15-22)27-24(25)26/h14-21,24H,2-13H2,1H3/t18-,19-,20?,21?. The van der Waals surface area contributed by atoms with Crippen LogP contribution in [0.2, 0.25) is 0 Å². The Bertz CT molecular complexity index is 526. The predicted molar refractivity (Wildman–Crippen MR) is 107 cm³/mol. The highest BCUT2D eigenvalue weighted by Crippen LogP contribution is 2.44. The molecule has 0 saturated heterocycles. The monoisotopic (exact) mass is 378 g/mol. The summed E-state index contributed by atoms with van der Waals surface area (Å²) in [5, 5.41) is 0. The van der Waals surface area contributed by atoms with Gasteiger partial charge in [0, 0.05) is 0 Å².